The molecular weight excluding hydrogens is 296 g/mol. The maximum atomic E-state index is 11.9. The molecule has 2 rings (SSSR count). The normalized spacial score (nSPS) is 11.2. The van der Waals surface area contributed by atoms with Crippen molar-refractivity contribution in [2.75, 3.05) is 10.5 Å². The third-order valence-electron chi connectivity index (χ3n) is 2.58. The number of hydrogen-bond acceptors (Lipinski definition) is 5. The van der Waals surface area contributed by atoms with Gasteiger partial charge in [-0.3, -0.25) is 9.52 Å². The van der Waals surface area contributed by atoms with Crippen LogP contribution < -0.4 is 4.72 Å². The number of anilines is 1. The monoisotopic (exact) mass is 310 g/mol. The molecule has 0 fully saturated rings. The van der Waals surface area contributed by atoms with Gasteiger partial charge >= 0.3 is 5.97 Å². The van der Waals surface area contributed by atoms with E-state index in [9.17, 15) is 13.2 Å². The van der Waals surface area contributed by atoms with Crippen molar-refractivity contribution in [2.45, 2.75) is 12.8 Å². The lowest BCUT2D eigenvalue weighted by Crippen LogP contribution is -2.19. The minimum Gasteiger partial charge on any atom is -0.481 e. The summed E-state index contributed by atoms with van der Waals surface area (Å²) in [6.45, 7) is 0. The van der Waals surface area contributed by atoms with Gasteiger partial charge in [-0.25, -0.2) is 18.1 Å². The summed E-state index contributed by atoms with van der Waals surface area (Å²) in [4.78, 5) is 14.5. The van der Waals surface area contributed by atoms with Crippen LogP contribution in [0.1, 0.15) is 12.8 Å². The lowest BCUT2D eigenvalue weighted by molar-refractivity contribution is -0.137. The summed E-state index contributed by atoms with van der Waals surface area (Å²) in [5.41, 5.74) is 0.288. The number of pyridine rings is 1. The smallest absolute Gasteiger partial charge is 0.303 e. The number of rotatable bonds is 7. The minimum absolute atomic E-state index is 0.0437. The Morgan fingerprint density at radius 3 is 2.81 bits per heavy atom. The summed E-state index contributed by atoms with van der Waals surface area (Å²) in [5.74, 6) is -0.944. The van der Waals surface area contributed by atoms with E-state index in [1.807, 2.05) is 0 Å². The number of sulfonamides is 1. The number of aromatic nitrogens is 3. The molecule has 2 aromatic heterocycles. The highest BCUT2D eigenvalue weighted by molar-refractivity contribution is 7.92. The van der Waals surface area contributed by atoms with Gasteiger partial charge in [-0.1, -0.05) is 0 Å². The minimum atomic E-state index is -3.64. The largest absolute Gasteiger partial charge is 0.481 e. The molecule has 0 aliphatic rings. The van der Waals surface area contributed by atoms with E-state index in [0.29, 0.717) is 5.82 Å². The lowest BCUT2D eigenvalue weighted by atomic mass is 10.3. The van der Waals surface area contributed by atoms with E-state index in [-0.39, 0.29) is 24.3 Å². The Hall–Kier alpha value is -2.42. The molecule has 0 unspecified atom stereocenters. The molecule has 0 bridgehead atoms. The third kappa shape index (κ3) is 4.28. The molecule has 21 heavy (non-hydrogen) atoms. The second kappa shape index (κ2) is 6.35. The van der Waals surface area contributed by atoms with Gasteiger partial charge in [0.2, 0.25) is 10.0 Å². The number of carbonyl (C=O) groups is 1. The van der Waals surface area contributed by atoms with Gasteiger partial charge in [0.25, 0.3) is 0 Å². The predicted octanol–water partition coefficient (Wildman–Crippen LogP) is 0.874. The maximum absolute atomic E-state index is 11.9. The van der Waals surface area contributed by atoms with E-state index in [2.05, 4.69) is 14.8 Å². The standard InChI is InChI=1S/C12H14N4O4S/c17-11(18)5-2-9-21(19,20)15-10-4-1-6-13-12(10)16-8-3-7-14-16/h1,3-4,6-8,15H,2,5,9H2,(H,17,18). The molecular formula is C12H14N4O4S. The van der Waals surface area contributed by atoms with Crippen LogP contribution in [0.4, 0.5) is 5.69 Å². The fraction of sp³-hybridized carbons (Fsp3) is 0.250. The Kier molecular flexibility index (Phi) is 4.53. The molecule has 0 aromatic carbocycles. The molecule has 0 aliphatic heterocycles. The van der Waals surface area contributed by atoms with Crippen LogP contribution >= 0.6 is 0 Å². The van der Waals surface area contributed by atoms with Gasteiger partial charge in [0.1, 0.15) is 0 Å². The van der Waals surface area contributed by atoms with E-state index < -0.39 is 16.0 Å². The summed E-state index contributed by atoms with van der Waals surface area (Å²) >= 11 is 0. The van der Waals surface area contributed by atoms with Crippen LogP contribution in [0.15, 0.2) is 36.8 Å². The SMILES string of the molecule is O=C(O)CCCS(=O)(=O)Nc1cccnc1-n1cccn1. The molecule has 0 radical (unpaired) electrons. The highest BCUT2D eigenvalue weighted by atomic mass is 32.2. The second-order valence-corrected chi connectivity index (χ2v) is 6.09. The van der Waals surface area contributed by atoms with Crippen molar-refractivity contribution in [3.63, 3.8) is 0 Å². The maximum Gasteiger partial charge on any atom is 0.303 e. The van der Waals surface area contributed by atoms with Crippen LogP contribution in [-0.2, 0) is 14.8 Å². The highest BCUT2D eigenvalue weighted by Gasteiger charge is 2.15. The quantitative estimate of drug-likeness (QED) is 0.784. The third-order valence-corrected chi connectivity index (χ3v) is 3.93. The average Bonchev–Trinajstić information content (AvgIpc) is 2.91. The first-order valence-electron chi connectivity index (χ1n) is 6.15. The zero-order chi connectivity index (χ0) is 15.3. The van der Waals surface area contributed by atoms with Crippen molar-refractivity contribution >= 4 is 21.7 Å². The van der Waals surface area contributed by atoms with Crippen LogP contribution in [0.5, 0.6) is 0 Å². The Bertz CT molecular complexity index is 713. The number of nitrogens with one attached hydrogen (secondary N) is 1. The number of carboxylic acids is 1. The number of nitrogens with zero attached hydrogens (tertiary/aromatic N) is 3. The Morgan fingerprint density at radius 1 is 1.33 bits per heavy atom. The first-order chi connectivity index (χ1) is 9.98. The van der Waals surface area contributed by atoms with Gasteiger partial charge in [0.05, 0.1) is 11.4 Å². The summed E-state index contributed by atoms with van der Waals surface area (Å²) in [6, 6.07) is 4.86. The number of hydrogen-bond donors (Lipinski definition) is 2. The summed E-state index contributed by atoms with van der Waals surface area (Å²) < 4.78 is 27.7. The van der Waals surface area contributed by atoms with Gasteiger partial charge in [-0.2, -0.15) is 5.10 Å². The lowest BCUT2D eigenvalue weighted by Gasteiger charge is -2.11. The molecule has 9 heteroatoms. The fourth-order valence-electron chi connectivity index (χ4n) is 1.69. The van der Waals surface area contributed by atoms with Gasteiger partial charge < -0.3 is 5.11 Å². The molecule has 0 saturated heterocycles. The predicted molar refractivity (Wildman–Crippen MR) is 75.6 cm³/mol. The van der Waals surface area contributed by atoms with Gasteiger partial charge in [-0.15, -0.1) is 0 Å². The summed E-state index contributed by atoms with van der Waals surface area (Å²) in [5, 5.41) is 12.5. The molecule has 112 valence electrons. The zero-order valence-electron chi connectivity index (χ0n) is 11.0. The molecule has 8 nitrogen and oxygen atoms in total. The Labute approximate surface area is 121 Å². The average molecular weight is 310 g/mol. The van der Waals surface area contributed by atoms with E-state index in [4.69, 9.17) is 5.11 Å². The first-order valence-corrected chi connectivity index (χ1v) is 7.80. The van der Waals surface area contributed by atoms with Gasteiger partial charge in [-0.05, 0) is 24.6 Å². The fourth-order valence-corrected chi connectivity index (χ4v) is 2.81. The number of carboxylic acid groups (broad SMARTS) is 1. The molecule has 2 N–H and O–H groups in total. The van der Waals surface area contributed by atoms with Crippen LogP contribution in [0.3, 0.4) is 0 Å². The summed E-state index contributed by atoms with van der Waals surface area (Å²) in [7, 11) is -3.64. The second-order valence-electron chi connectivity index (χ2n) is 4.24. The van der Waals surface area contributed by atoms with Crippen LogP contribution in [-0.4, -0.2) is 40.0 Å². The van der Waals surface area contributed by atoms with Crippen LogP contribution in [0.25, 0.3) is 5.82 Å². The van der Waals surface area contributed by atoms with E-state index in [1.54, 1.807) is 30.6 Å². The summed E-state index contributed by atoms with van der Waals surface area (Å²) in [6.07, 6.45) is 4.58. The topological polar surface area (TPSA) is 114 Å². The molecule has 0 spiro atoms. The zero-order valence-corrected chi connectivity index (χ0v) is 11.8. The number of aliphatic carboxylic acids is 1. The molecule has 2 aromatic rings. The van der Waals surface area contributed by atoms with Gasteiger partial charge in [0, 0.05) is 25.0 Å². The van der Waals surface area contributed by atoms with Gasteiger partial charge in [0.15, 0.2) is 5.82 Å². The van der Waals surface area contributed by atoms with Crippen LogP contribution in [0.2, 0.25) is 0 Å². The van der Waals surface area contributed by atoms with Crippen molar-refractivity contribution in [2.24, 2.45) is 0 Å². The van der Waals surface area contributed by atoms with E-state index in [0.717, 1.165) is 0 Å². The van der Waals surface area contributed by atoms with Crippen molar-refractivity contribution in [1.29, 1.82) is 0 Å². The van der Waals surface area contributed by atoms with E-state index in [1.165, 1.54) is 10.9 Å². The Morgan fingerprint density at radius 2 is 2.14 bits per heavy atom. The molecule has 0 saturated carbocycles. The Balaban J connectivity index is 2.14. The van der Waals surface area contributed by atoms with E-state index >= 15 is 0 Å². The molecule has 0 amide bonds. The molecule has 0 atom stereocenters. The van der Waals surface area contributed by atoms with Crippen molar-refractivity contribution in [3.05, 3.63) is 36.8 Å². The van der Waals surface area contributed by atoms with Crippen LogP contribution in [0, 0.1) is 0 Å². The van der Waals surface area contributed by atoms with Crippen molar-refractivity contribution < 1.29 is 18.3 Å². The highest BCUT2D eigenvalue weighted by Crippen LogP contribution is 2.18. The molecule has 0 aliphatic carbocycles. The van der Waals surface area contributed by atoms with Crippen molar-refractivity contribution in [1.82, 2.24) is 14.8 Å². The first kappa shape index (κ1) is 15.0. The van der Waals surface area contributed by atoms with Crippen molar-refractivity contribution in [3.8, 4) is 5.82 Å². The molecule has 2 heterocycles.